The van der Waals surface area contributed by atoms with Crippen molar-refractivity contribution in [2.75, 3.05) is 26.2 Å². The van der Waals surface area contributed by atoms with Crippen molar-refractivity contribution < 1.29 is 5.11 Å². The van der Waals surface area contributed by atoms with Gasteiger partial charge in [-0.05, 0) is 18.4 Å². The fourth-order valence-corrected chi connectivity index (χ4v) is 1.74. The van der Waals surface area contributed by atoms with Crippen molar-refractivity contribution >= 4 is 0 Å². The second-order valence-electron chi connectivity index (χ2n) is 4.32. The monoisotopic (exact) mass is 201 g/mol. The zero-order valence-electron chi connectivity index (χ0n) is 10.3. The van der Waals surface area contributed by atoms with Crippen molar-refractivity contribution in [2.24, 2.45) is 11.8 Å². The summed E-state index contributed by atoms with van der Waals surface area (Å²) in [7, 11) is 0. The van der Waals surface area contributed by atoms with E-state index in [1.54, 1.807) is 0 Å². The summed E-state index contributed by atoms with van der Waals surface area (Å²) in [5, 5.41) is 9.00. The second kappa shape index (κ2) is 8.25. The van der Waals surface area contributed by atoms with Crippen LogP contribution in [0.5, 0.6) is 0 Å². The van der Waals surface area contributed by atoms with Gasteiger partial charge in [-0.25, -0.2) is 0 Å². The third-order valence-electron chi connectivity index (χ3n) is 3.00. The molecule has 0 saturated heterocycles. The van der Waals surface area contributed by atoms with Gasteiger partial charge in [0.1, 0.15) is 0 Å². The van der Waals surface area contributed by atoms with Crippen LogP contribution in [0.3, 0.4) is 0 Å². The summed E-state index contributed by atoms with van der Waals surface area (Å²) in [4.78, 5) is 2.46. The Morgan fingerprint density at radius 3 is 2.00 bits per heavy atom. The van der Waals surface area contributed by atoms with Gasteiger partial charge < -0.3 is 10.0 Å². The number of aliphatic hydroxyl groups is 1. The zero-order chi connectivity index (χ0) is 11.0. The number of hydrogen-bond donors (Lipinski definition) is 1. The van der Waals surface area contributed by atoms with Crippen LogP contribution in [0, 0.1) is 11.8 Å². The molecule has 0 aromatic rings. The van der Waals surface area contributed by atoms with Crippen molar-refractivity contribution in [1.82, 2.24) is 4.90 Å². The topological polar surface area (TPSA) is 23.5 Å². The highest BCUT2D eigenvalue weighted by Crippen LogP contribution is 2.11. The number of nitrogens with zero attached hydrogens (tertiary/aromatic N) is 1. The van der Waals surface area contributed by atoms with Crippen molar-refractivity contribution in [3.63, 3.8) is 0 Å². The number of aliphatic hydroxyl groups excluding tert-OH is 1. The first kappa shape index (κ1) is 13.9. The maximum Gasteiger partial charge on any atom is 0.0468 e. The molecule has 0 spiro atoms. The molecule has 1 N–H and O–H groups in total. The SMILES string of the molecule is CCC(CC)CN(CC)CC(C)CO. The summed E-state index contributed by atoms with van der Waals surface area (Å²) >= 11 is 0. The molecule has 0 bridgehead atoms. The molecule has 0 aliphatic rings. The van der Waals surface area contributed by atoms with Gasteiger partial charge in [-0.3, -0.25) is 0 Å². The van der Waals surface area contributed by atoms with Crippen molar-refractivity contribution in [3.8, 4) is 0 Å². The average molecular weight is 201 g/mol. The first-order valence-corrected chi connectivity index (χ1v) is 6.00. The van der Waals surface area contributed by atoms with Crippen molar-refractivity contribution in [3.05, 3.63) is 0 Å². The van der Waals surface area contributed by atoms with Crippen molar-refractivity contribution in [1.29, 1.82) is 0 Å². The van der Waals surface area contributed by atoms with Crippen LogP contribution in [0.1, 0.15) is 40.5 Å². The Labute approximate surface area is 89.3 Å². The summed E-state index contributed by atoms with van der Waals surface area (Å²) in [5.41, 5.74) is 0. The lowest BCUT2D eigenvalue weighted by molar-refractivity contribution is 0.160. The van der Waals surface area contributed by atoms with Gasteiger partial charge in [0.05, 0.1) is 0 Å². The lowest BCUT2D eigenvalue weighted by Gasteiger charge is -2.27. The zero-order valence-corrected chi connectivity index (χ0v) is 10.3. The molecule has 14 heavy (non-hydrogen) atoms. The van der Waals surface area contributed by atoms with Crippen molar-refractivity contribution in [2.45, 2.75) is 40.5 Å². The van der Waals surface area contributed by atoms with Gasteiger partial charge in [0, 0.05) is 19.7 Å². The molecular weight excluding hydrogens is 174 g/mol. The van der Waals surface area contributed by atoms with Crippen LogP contribution < -0.4 is 0 Å². The molecule has 0 rings (SSSR count). The van der Waals surface area contributed by atoms with Crippen LogP contribution in [0.4, 0.5) is 0 Å². The van der Waals surface area contributed by atoms with Gasteiger partial charge in [0.2, 0.25) is 0 Å². The highest BCUT2D eigenvalue weighted by Gasteiger charge is 2.12. The molecule has 0 amide bonds. The Hall–Kier alpha value is -0.0800. The van der Waals surface area contributed by atoms with Gasteiger partial charge in [-0.1, -0.05) is 40.5 Å². The molecule has 1 atom stereocenters. The van der Waals surface area contributed by atoms with Crippen LogP contribution >= 0.6 is 0 Å². The van der Waals surface area contributed by atoms with E-state index in [2.05, 4.69) is 32.6 Å². The molecule has 0 fully saturated rings. The molecule has 1 unspecified atom stereocenters. The summed E-state index contributed by atoms with van der Waals surface area (Å²) < 4.78 is 0. The van der Waals surface area contributed by atoms with E-state index in [1.165, 1.54) is 19.4 Å². The molecule has 0 aromatic carbocycles. The highest BCUT2D eigenvalue weighted by molar-refractivity contribution is 4.65. The average Bonchev–Trinajstić information content (AvgIpc) is 2.23. The Morgan fingerprint density at radius 1 is 1.07 bits per heavy atom. The lowest BCUT2D eigenvalue weighted by atomic mass is 10.0. The van der Waals surface area contributed by atoms with Crippen LogP contribution in [-0.4, -0.2) is 36.2 Å². The highest BCUT2D eigenvalue weighted by atomic mass is 16.3. The number of rotatable bonds is 8. The summed E-state index contributed by atoms with van der Waals surface area (Å²) in [6, 6.07) is 0. The predicted molar refractivity (Wildman–Crippen MR) is 62.4 cm³/mol. The molecule has 0 aromatic heterocycles. The first-order valence-electron chi connectivity index (χ1n) is 6.00. The van der Waals surface area contributed by atoms with E-state index < -0.39 is 0 Å². The van der Waals surface area contributed by atoms with Gasteiger partial charge in [0.15, 0.2) is 0 Å². The maximum absolute atomic E-state index is 9.00. The van der Waals surface area contributed by atoms with E-state index in [-0.39, 0.29) is 0 Å². The smallest absolute Gasteiger partial charge is 0.0468 e. The van der Waals surface area contributed by atoms with E-state index in [0.717, 1.165) is 19.0 Å². The Bertz CT molecular complexity index is 123. The van der Waals surface area contributed by atoms with E-state index in [1.807, 2.05) is 0 Å². The number of hydrogen-bond acceptors (Lipinski definition) is 2. The first-order chi connectivity index (χ1) is 6.67. The Balaban J connectivity index is 3.88. The van der Waals surface area contributed by atoms with Gasteiger partial charge in [-0.15, -0.1) is 0 Å². The molecule has 0 heterocycles. The Kier molecular flexibility index (Phi) is 8.20. The fourth-order valence-electron chi connectivity index (χ4n) is 1.74. The summed E-state index contributed by atoms with van der Waals surface area (Å²) in [6.45, 7) is 12.5. The summed E-state index contributed by atoms with van der Waals surface area (Å²) in [5.74, 6) is 1.23. The third-order valence-corrected chi connectivity index (χ3v) is 3.00. The molecule has 0 aliphatic carbocycles. The molecule has 2 heteroatoms. The fraction of sp³-hybridized carbons (Fsp3) is 1.00. The molecule has 86 valence electrons. The Morgan fingerprint density at radius 2 is 1.64 bits per heavy atom. The lowest BCUT2D eigenvalue weighted by Crippen LogP contribution is -2.33. The van der Waals surface area contributed by atoms with Crippen LogP contribution in [0.15, 0.2) is 0 Å². The normalized spacial score (nSPS) is 13.9. The maximum atomic E-state index is 9.00. The van der Waals surface area contributed by atoms with Gasteiger partial charge in [0.25, 0.3) is 0 Å². The van der Waals surface area contributed by atoms with E-state index in [9.17, 15) is 0 Å². The standard InChI is InChI=1S/C12H27NO/c1-5-12(6-2)9-13(7-3)8-11(4)10-14/h11-12,14H,5-10H2,1-4H3. The van der Waals surface area contributed by atoms with Gasteiger partial charge >= 0.3 is 0 Å². The van der Waals surface area contributed by atoms with E-state index in [4.69, 9.17) is 5.11 Å². The van der Waals surface area contributed by atoms with E-state index >= 15 is 0 Å². The van der Waals surface area contributed by atoms with Crippen LogP contribution in [0.2, 0.25) is 0 Å². The quantitative estimate of drug-likeness (QED) is 0.652. The van der Waals surface area contributed by atoms with Crippen LogP contribution in [0.25, 0.3) is 0 Å². The molecule has 0 saturated carbocycles. The molecule has 0 radical (unpaired) electrons. The minimum atomic E-state index is 0.305. The largest absolute Gasteiger partial charge is 0.396 e. The molecular formula is C12H27NO. The second-order valence-corrected chi connectivity index (χ2v) is 4.32. The van der Waals surface area contributed by atoms with Crippen LogP contribution in [-0.2, 0) is 0 Å². The predicted octanol–water partition coefficient (Wildman–Crippen LogP) is 2.37. The minimum Gasteiger partial charge on any atom is -0.396 e. The summed E-state index contributed by atoms with van der Waals surface area (Å²) in [6.07, 6.45) is 2.53. The minimum absolute atomic E-state index is 0.305. The van der Waals surface area contributed by atoms with Gasteiger partial charge in [-0.2, -0.15) is 0 Å². The third kappa shape index (κ3) is 5.61. The molecule has 2 nitrogen and oxygen atoms in total. The molecule has 0 aliphatic heterocycles. The van der Waals surface area contributed by atoms with E-state index in [0.29, 0.717) is 12.5 Å².